The van der Waals surface area contributed by atoms with E-state index in [1.165, 1.54) is 27.8 Å². The normalized spacial score (nSPS) is 12.3. The van der Waals surface area contributed by atoms with Crippen molar-refractivity contribution < 1.29 is 4.79 Å². The van der Waals surface area contributed by atoms with Crippen molar-refractivity contribution in [3.8, 4) is 0 Å². The first kappa shape index (κ1) is 18.3. The molecule has 0 saturated heterocycles. The van der Waals surface area contributed by atoms with Crippen LogP contribution in [0.15, 0.2) is 35.4 Å². The third-order valence-electron chi connectivity index (χ3n) is 4.74. The molecule has 26 heavy (non-hydrogen) atoms. The van der Waals surface area contributed by atoms with Gasteiger partial charge in [-0.15, -0.1) is 11.3 Å². The van der Waals surface area contributed by atoms with Gasteiger partial charge in [-0.3, -0.25) is 14.2 Å². The second kappa shape index (κ2) is 7.41. The Morgan fingerprint density at radius 3 is 2.62 bits per heavy atom. The van der Waals surface area contributed by atoms with E-state index in [4.69, 9.17) is 0 Å². The average molecular weight is 369 g/mol. The van der Waals surface area contributed by atoms with Gasteiger partial charge in [-0.1, -0.05) is 31.2 Å². The van der Waals surface area contributed by atoms with Gasteiger partial charge in [0.05, 0.1) is 17.8 Å². The Hall–Kier alpha value is -2.47. The van der Waals surface area contributed by atoms with Crippen molar-refractivity contribution in [2.75, 3.05) is 0 Å². The van der Waals surface area contributed by atoms with Gasteiger partial charge in [0.25, 0.3) is 5.56 Å². The number of carbonyl (C=O) groups excluding carboxylic acids is 1. The molecule has 1 atom stereocenters. The minimum atomic E-state index is -0.204. The van der Waals surface area contributed by atoms with Gasteiger partial charge >= 0.3 is 0 Å². The van der Waals surface area contributed by atoms with Crippen LogP contribution in [0.1, 0.15) is 41.5 Å². The Morgan fingerprint density at radius 2 is 1.96 bits per heavy atom. The van der Waals surface area contributed by atoms with Crippen molar-refractivity contribution in [3.63, 3.8) is 0 Å². The van der Waals surface area contributed by atoms with Crippen LogP contribution in [0.2, 0.25) is 0 Å². The summed E-state index contributed by atoms with van der Waals surface area (Å²) in [5, 5.41) is 3.57. The summed E-state index contributed by atoms with van der Waals surface area (Å²) in [5.41, 5.74) is 3.09. The van der Waals surface area contributed by atoms with Crippen LogP contribution in [0.4, 0.5) is 0 Å². The molecule has 2 aromatic heterocycles. The molecule has 0 fully saturated rings. The molecule has 0 saturated carbocycles. The second-order valence-corrected chi connectivity index (χ2v) is 7.73. The number of aryl methyl sites for hydroxylation is 3. The quantitative estimate of drug-likeness (QED) is 0.748. The number of hydrogen-bond donors (Lipinski definition) is 1. The summed E-state index contributed by atoms with van der Waals surface area (Å²) in [5.74, 6) is -0.204. The maximum atomic E-state index is 12.7. The van der Waals surface area contributed by atoms with Crippen LogP contribution in [-0.2, 0) is 17.8 Å². The van der Waals surface area contributed by atoms with Crippen molar-refractivity contribution in [3.05, 3.63) is 62.5 Å². The molecule has 0 aliphatic carbocycles. The predicted octanol–water partition coefficient (Wildman–Crippen LogP) is 3.51. The molecule has 1 N–H and O–H groups in total. The van der Waals surface area contributed by atoms with E-state index in [1.807, 2.05) is 32.9 Å². The number of nitrogens with zero attached hydrogens (tertiary/aromatic N) is 2. The van der Waals surface area contributed by atoms with Gasteiger partial charge in [-0.05, 0) is 43.9 Å². The Morgan fingerprint density at radius 1 is 1.27 bits per heavy atom. The van der Waals surface area contributed by atoms with Crippen molar-refractivity contribution in [2.24, 2.45) is 0 Å². The molecular formula is C20H23N3O2S. The lowest BCUT2D eigenvalue weighted by Crippen LogP contribution is -2.34. The molecule has 1 amide bonds. The Labute approximate surface area is 156 Å². The fourth-order valence-corrected chi connectivity index (χ4v) is 3.94. The number of fused-ring (bicyclic) bond motifs is 1. The number of benzene rings is 1. The molecule has 1 aromatic carbocycles. The molecule has 5 nitrogen and oxygen atoms in total. The fraction of sp³-hybridized carbons (Fsp3) is 0.350. The van der Waals surface area contributed by atoms with Gasteiger partial charge in [-0.25, -0.2) is 4.98 Å². The summed E-state index contributed by atoms with van der Waals surface area (Å²) in [6.45, 7) is 7.91. The highest BCUT2D eigenvalue weighted by Gasteiger charge is 2.15. The standard InChI is InChI=1S/C20H23N3O2S/c1-5-15-6-8-16(9-7-15)13(3)22-17(24)10-23-11-21-19-18(20(23)25)12(2)14(4)26-19/h6-9,11,13H,5,10H2,1-4H3,(H,22,24). The number of rotatable bonds is 5. The fourth-order valence-electron chi connectivity index (χ4n) is 2.95. The third-order valence-corrected chi connectivity index (χ3v) is 5.85. The monoisotopic (exact) mass is 369 g/mol. The van der Waals surface area contributed by atoms with E-state index in [0.717, 1.165) is 27.3 Å². The van der Waals surface area contributed by atoms with Crippen molar-refractivity contribution in [1.82, 2.24) is 14.9 Å². The summed E-state index contributed by atoms with van der Waals surface area (Å²) < 4.78 is 1.38. The topological polar surface area (TPSA) is 64.0 Å². The average Bonchev–Trinajstić information content (AvgIpc) is 2.92. The molecule has 2 heterocycles. The first-order chi connectivity index (χ1) is 12.4. The summed E-state index contributed by atoms with van der Waals surface area (Å²) in [6.07, 6.45) is 2.45. The van der Waals surface area contributed by atoms with Crippen LogP contribution in [0, 0.1) is 13.8 Å². The first-order valence-corrected chi connectivity index (χ1v) is 9.55. The summed E-state index contributed by atoms with van der Waals surface area (Å²) in [6, 6.07) is 8.08. The Balaban J connectivity index is 1.75. The molecule has 0 aliphatic rings. The van der Waals surface area contributed by atoms with E-state index in [0.29, 0.717) is 5.39 Å². The van der Waals surface area contributed by atoms with Crippen LogP contribution in [-0.4, -0.2) is 15.5 Å². The number of thiophene rings is 1. The Kier molecular flexibility index (Phi) is 5.23. The number of carbonyl (C=O) groups is 1. The third kappa shape index (κ3) is 3.55. The van der Waals surface area contributed by atoms with Crippen LogP contribution in [0.5, 0.6) is 0 Å². The smallest absolute Gasteiger partial charge is 0.262 e. The van der Waals surface area contributed by atoms with E-state index in [9.17, 15) is 9.59 Å². The summed E-state index contributed by atoms with van der Waals surface area (Å²) in [7, 11) is 0. The highest BCUT2D eigenvalue weighted by atomic mass is 32.1. The zero-order chi connectivity index (χ0) is 18.8. The largest absolute Gasteiger partial charge is 0.348 e. The molecule has 3 aromatic rings. The van der Waals surface area contributed by atoms with Crippen molar-refractivity contribution >= 4 is 27.5 Å². The van der Waals surface area contributed by atoms with Crippen LogP contribution in [0.3, 0.4) is 0 Å². The molecule has 136 valence electrons. The summed E-state index contributed by atoms with van der Waals surface area (Å²) in [4.78, 5) is 31.2. The van der Waals surface area contributed by atoms with Crippen LogP contribution in [0.25, 0.3) is 10.2 Å². The molecule has 0 spiro atoms. The number of aromatic nitrogens is 2. The predicted molar refractivity (Wildman–Crippen MR) is 106 cm³/mol. The molecule has 6 heteroatoms. The van der Waals surface area contributed by atoms with E-state index in [-0.39, 0.29) is 24.1 Å². The van der Waals surface area contributed by atoms with E-state index < -0.39 is 0 Å². The Bertz CT molecular complexity index is 1000. The number of hydrogen-bond acceptors (Lipinski definition) is 4. The first-order valence-electron chi connectivity index (χ1n) is 8.74. The molecule has 0 aliphatic heterocycles. The second-order valence-electron chi connectivity index (χ2n) is 6.53. The summed E-state index contributed by atoms with van der Waals surface area (Å²) >= 11 is 1.51. The van der Waals surface area contributed by atoms with E-state index in [2.05, 4.69) is 29.4 Å². The van der Waals surface area contributed by atoms with Gasteiger partial charge in [0.15, 0.2) is 0 Å². The zero-order valence-corrected chi connectivity index (χ0v) is 16.3. The highest BCUT2D eigenvalue weighted by Crippen LogP contribution is 2.25. The number of nitrogens with one attached hydrogen (secondary N) is 1. The number of amides is 1. The maximum Gasteiger partial charge on any atom is 0.262 e. The van der Waals surface area contributed by atoms with Crippen LogP contribution < -0.4 is 10.9 Å². The van der Waals surface area contributed by atoms with Gasteiger partial charge in [0.1, 0.15) is 11.4 Å². The lowest BCUT2D eigenvalue weighted by atomic mass is 10.1. The highest BCUT2D eigenvalue weighted by molar-refractivity contribution is 7.18. The van der Waals surface area contributed by atoms with Gasteiger partial charge in [0.2, 0.25) is 5.91 Å². The minimum Gasteiger partial charge on any atom is -0.348 e. The lowest BCUT2D eigenvalue weighted by Gasteiger charge is -2.15. The lowest BCUT2D eigenvalue weighted by molar-refractivity contribution is -0.122. The SMILES string of the molecule is CCc1ccc(C(C)NC(=O)Cn2cnc3sc(C)c(C)c3c2=O)cc1. The molecule has 0 bridgehead atoms. The van der Waals surface area contributed by atoms with Gasteiger partial charge < -0.3 is 5.32 Å². The van der Waals surface area contributed by atoms with Gasteiger partial charge in [-0.2, -0.15) is 0 Å². The van der Waals surface area contributed by atoms with Crippen LogP contribution >= 0.6 is 11.3 Å². The molecular weight excluding hydrogens is 346 g/mol. The van der Waals surface area contributed by atoms with Crippen molar-refractivity contribution in [1.29, 1.82) is 0 Å². The van der Waals surface area contributed by atoms with Gasteiger partial charge in [0, 0.05) is 4.88 Å². The zero-order valence-electron chi connectivity index (χ0n) is 15.5. The van der Waals surface area contributed by atoms with Crippen molar-refractivity contribution in [2.45, 2.75) is 46.7 Å². The molecule has 1 unspecified atom stereocenters. The van der Waals surface area contributed by atoms with E-state index >= 15 is 0 Å². The van der Waals surface area contributed by atoms with E-state index in [1.54, 1.807) is 0 Å². The minimum absolute atomic E-state index is 0.0342. The maximum absolute atomic E-state index is 12.7. The molecule has 0 radical (unpaired) electrons. The molecule has 3 rings (SSSR count).